The van der Waals surface area contributed by atoms with Crippen LogP contribution in [0.1, 0.15) is 86.3 Å². The van der Waals surface area contributed by atoms with E-state index in [0.29, 0.717) is 76.8 Å². The molecule has 2 amide bonds. The highest BCUT2D eigenvalue weighted by Crippen LogP contribution is 2.42. The van der Waals surface area contributed by atoms with Gasteiger partial charge in [-0.25, -0.2) is 0 Å². The van der Waals surface area contributed by atoms with E-state index in [1.165, 1.54) is 11.1 Å². The Kier molecular flexibility index (Phi) is 10.4. The van der Waals surface area contributed by atoms with Gasteiger partial charge in [-0.1, -0.05) is 31.5 Å². The molecule has 1 saturated carbocycles. The lowest BCUT2D eigenvalue weighted by atomic mass is 9.73. The molecule has 2 aromatic rings. The molecule has 12 heteroatoms. The molecule has 1 aromatic heterocycles. The molecular weight excluding hydrogens is 613 g/mol. The number of piperidine rings is 2. The first-order valence-corrected chi connectivity index (χ1v) is 16.5. The standard InChI is InChI=1S/C35H41F3N4O5/c1-2-7-28-25(8-6-17-42(28)32(44)30-27(35(36,37)38)10-5-16-40-30)31(43)41-18-14-34(22-39,15-19-41)26-9-3-4-11-29(26)47-21-23-12-13-24(20-23)33(45)46/h3-5,9-11,16,23-25,28H,2,6-8,12-15,17-21H2,1H3,(H,45,46). The summed E-state index contributed by atoms with van der Waals surface area (Å²) in [5.74, 6) is -1.97. The van der Waals surface area contributed by atoms with E-state index in [4.69, 9.17) is 4.74 Å². The number of nitrogens with zero attached hydrogens (tertiary/aromatic N) is 4. The van der Waals surface area contributed by atoms with Crippen LogP contribution in [0.25, 0.3) is 0 Å². The third-order valence-corrected chi connectivity index (χ3v) is 10.2. The summed E-state index contributed by atoms with van der Waals surface area (Å²) in [4.78, 5) is 45.9. The van der Waals surface area contributed by atoms with E-state index in [-0.39, 0.29) is 24.3 Å². The number of nitriles is 1. The Morgan fingerprint density at radius 1 is 1.09 bits per heavy atom. The van der Waals surface area contributed by atoms with Crippen LogP contribution in [-0.4, -0.2) is 70.0 Å². The summed E-state index contributed by atoms with van der Waals surface area (Å²) in [6.07, 6.45) is 1.23. The molecule has 1 aliphatic carbocycles. The Hall–Kier alpha value is -4.14. The normalized spacial score (nSPS) is 24.4. The van der Waals surface area contributed by atoms with Crippen molar-refractivity contribution >= 4 is 17.8 Å². The fraction of sp³-hybridized carbons (Fsp3) is 0.571. The molecule has 5 rings (SSSR count). The number of carbonyl (C=O) groups is 3. The van der Waals surface area contributed by atoms with Crippen molar-refractivity contribution in [3.63, 3.8) is 0 Å². The van der Waals surface area contributed by atoms with Crippen LogP contribution in [0.3, 0.4) is 0 Å². The minimum absolute atomic E-state index is 0.123. The Balaban J connectivity index is 1.29. The largest absolute Gasteiger partial charge is 0.493 e. The fourth-order valence-corrected chi connectivity index (χ4v) is 7.62. The van der Waals surface area contributed by atoms with Crippen LogP contribution in [-0.2, 0) is 21.2 Å². The van der Waals surface area contributed by atoms with Crippen LogP contribution < -0.4 is 4.74 Å². The number of alkyl halides is 3. The zero-order valence-electron chi connectivity index (χ0n) is 26.5. The second-order valence-electron chi connectivity index (χ2n) is 13.0. The number of carboxylic acids is 1. The summed E-state index contributed by atoms with van der Waals surface area (Å²) in [5, 5.41) is 19.8. The van der Waals surface area contributed by atoms with Crippen LogP contribution in [0.4, 0.5) is 13.2 Å². The maximum atomic E-state index is 14.0. The van der Waals surface area contributed by atoms with Crippen molar-refractivity contribution in [1.29, 1.82) is 5.26 Å². The first-order chi connectivity index (χ1) is 22.5. The lowest BCUT2D eigenvalue weighted by Crippen LogP contribution is -2.55. The van der Waals surface area contributed by atoms with E-state index < -0.39 is 46.7 Å². The molecule has 3 fully saturated rings. The molecular formula is C35H41F3N4O5. The first kappa shape index (κ1) is 34.2. The number of amides is 2. The van der Waals surface area contributed by atoms with Gasteiger partial charge in [0.15, 0.2) is 0 Å². The Bertz CT molecular complexity index is 1500. The SMILES string of the molecule is CCCC1C(C(=O)N2CCC(C#N)(c3ccccc3OCC3CCC(C(=O)O)C3)CC2)CCCN1C(=O)c1ncccc1C(F)(F)F. The number of para-hydroxylation sites is 1. The van der Waals surface area contributed by atoms with E-state index in [1.54, 1.807) is 4.90 Å². The quantitative estimate of drug-likeness (QED) is 0.347. The molecule has 0 bridgehead atoms. The summed E-state index contributed by atoms with van der Waals surface area (Å²) in [7, 11) is 0. The van der Waals surface area contributed by atoms with Crippen molar-refractivity contribution in [2.24, 2.45) is 17.8 Å². The summed E-state index contributed by atoms with van der Waals surface area (Å²) in [6.45, 7) is 3.15. The number of carbonyl (C=O) groups excluding carboxylic acids is 2. The van der Waals surface area contributed by atoms with Crippen molar-refractivity contribution in [2.45, 2.75) is 82.3 Å². The maximum absolute atomic E-state index is 14.0. The van der Waals surface area contributed by atoms with Crippen molar-refractivity contribution < 1.29 is 37.4 Å². The highest BCUT2D eigenvalue weighted by atomic mass is 19.4. The number of aromatic nitrogens is 1. The number of hydrogen-bond acceptors (Lipinski definition) is 6. The van der Waals surface area contributed by atoms with Gasteiger partial charge in [0.1, 0.15) is 11.4 Å². The summed E-state index contributed by atoms with van der Waals surface area (Å²) in [5.41, 5.74) is -1.88. The number of carboxylic acid groups (broad SMARTS) is 1. The second kappa shape index (κ2) is 14.3. The molecule has 3 heterocycles. The zero-order chi connectivity index (χ0) is 33.8. The average Bonchev–Trinajstić information content (AvgIpc) is 3.56. The molecule has 0 radical (unpaired) electrons. The van der Waals surface area contributed by atoms with Gasteiger partial charge in [-0.2, -0.15) is 18.4 Å². The van der Waals surface area contributed by atoms with Gasteiger partial charge in [-0.3, -0.25) is 19.4 Å². The number of ether oxygens (including phenoxy) is 1. The topological polar surface area (TPSA) is 124 Å². The Morgan fingerprint density at radius 2 is 1.83 bits per heavy atom. The van der Waals surface area contributed by atoms with Gasteiger partial charge < -0.3 is 19.6 Å². The van der Waals surface area contributed by atoms with Crippen molar-refractivity contribution in [2.75, 3.05) is 26.2 Å². The maximum Gasteiger partial charge on any atom is 0.418 e. The summed E-state index contributed by atoms with van der Waals surface area (Å²) >= 11 is 0. The van der Waals surface area contributed by atoms with Gasteiger partial charge >= 0.3 is 12.1 Å². The van der Waals surface area contributed by atoms with Gasteiger partial charge in [0, 0.05) is 37.4 Å². The second-order valence-corrected chi connectivity index (χ2v) is 13.0. The predicted octanol–water partition coefficient (Wildman–Crippen LogP) is 6.08. The van der Waals surface area contributed by atoms with Crippen LogP contribution in [0, 0.1) is 29.1 Å². The molecule has 9 nitrogen and oxygen atoms in total. The molecule has 0 spiro atoms. The van der Waals surface area contributed by atoms with Crippen LogP contribution in [0.15, 0.2) is 42.6 Å². The monoisotopic (exact) mass is 654 g/mol. The molecule has 47 heavy (non-hydrogen) atoms. The fourth-order valence-electron chi connectivity index (χ4n) is 7.62. The zero-order valence-corrected chi connectivity index (χ0v) is 26.5. The van der Waals surface area contributed by atoms with Crippen molar-refractivity contribution in [1.82, 2.24) is 14.8 Å². The first-order valence-electron chi connectivity index (χ1n) is 16.5. The van der Waals surface area contributed by atoms with E-state index in [0.717, 1.165) is 24.1 Å². The molecule has 3 aliphatic rings. The molecule has 4 atom stereocenters. The molecule has 1 aromatic carbocycles. The smallest absolute Gasteiger partial charge is 0.418 e. The molecule has 2 saturated heterocycles. The number of halogens is 3. The lowest BCUT2D eigenvalue weighted by molar-refractivity contribution is -0.142. The predicted molar refractivity (Wildman–Crippen MR) is 165 cm³/mol. The number of pyridine rings is 1. The van der Waals surface area contributed by atoms with Gasteiger partial charge in [0.2, 0.25) is 5.91 Å². The minimum Gasteiger partial charge on any atom is -0.493 e. The van der Waals surface area contributed by atoms with Gasteiger partial charge in [0.25, 0.3) is 5.91 Å². The third kappa shape index (κ3) is 7.24. The number of benzene rings is 1. The Morgan fingerprint density at radius 3 is 2.49 bits per heavy atom. The van der Waals surface area contributed by atoms with Crippen LogP contribution in [0.2, 0.25) is 0 Å². The summed E-state index contributed by atoms with van der Waals surface area (Å²) < 4.78 is 47.4. The van der Waals surface area contributed by atoms with E-state index >= 15 is 0 Å². The number of hydrogen-bond donors (Lipinski definition) is 1. The molecule has 2 aliphatic heterocycles. The van der Waals surface area contributed by atoms with Gasteiger partial charge in [-0.05, 0) is 75.5 Å². The number of rotatable bonds is 9. The summed E-state index contributed by atoms with van der Waals surface area (Å²) in [6, 6.07) is 11.3. The minimum atomic E-state index is -4.74. The molecule has 1 N–H and O–H groups in total. The average molecular weight is 655 g/mol. The highest BCUT2D eigenvalue weighted by Gasteiger charge is 2.45. The molecule has 4 unspecified atom stereocenters. The van der Waals surface area contributed by atoms with Crippen LogP contribution >= 0.6 is 0 Å². The number of likely N-dealkylation sites (tertiary alicyclic amines) is 2. The highest BCUT2D eigenvalue weighted by molar-refractivity contribution is 5.95. The van der Waals surface area contributed by atoms with Gasteiger partial charge in [-0.15, -0.1) is 0 Å². The molecule has 252 valence electrons. The van der Waals surface area contributed by atoms with Crippen molar-refractivity contribution in [3.05, 3.63) is 59.4 Å². The van der Waals surface area contributed by atoms with E-state index in [9.17, 15) is 37.9 Å². The van der Waals surface area contributed by atoms with E-state index in [1.807, 2.05) is 31.2 Å². The van der Waals surface area contributed by atoms with Crippen LogP contribution in [0.5, 0.6) is 5.75 Å². The van der Waals surface area contributed by atoms with Crippen molar-refractivity contribution in [3.8, 4) is 11.8 Å². The number of aliphatic carboxylic acids is 1. The lowest BCUT2D eigenvalue weighted by Gasteiger charge is -2.44. The Labute approximate surface area is 272 Å². The van der Waals surface area contributed by atoms with E-state index in [2.05, 4.69) is 11.1 Å². The third-order valence-electron chi connectivity index (χ3n) is 10.2. The van der Waals surface area contributed by atoms with Gasteiger partial charge in [0.05, 0.1) is 35.5 Å².